The molecule has 3 N–H and O–H groups in total. The van der Waals surface area contributed by atoms with E-state index in [0.717, 1.165) is 16.8 Å². The van der Waals surface area contributed by atoms with Gasteiger partial charge in [0.1, 0.15) is 0 Å². The monoisotopic (exact) mass is 355 g/mol. The molecular formula is C18H14ClN3OS. The Bertz CT molecular complexity index is 887. The molecule has 0 bridgehead atoms. The van der Waals surface area contributed by atoms with Gasteiger partial charge in [-0.25, -0.2) is 4.98 Å². The van der Waals surface area contributed by atoms with E-state index in [1.807, 2.05) is 41.8 Å². The molecule has 0 atom stereocenters. The van der Waals surface area contributed by atoms with Crippen LogP contribution in [-0.4, -0.2) is 10.9 Å². The summed E-state index contributed by atoms with van der Waals surface area (Å²) in [5, 5.41) is 5.90. The maximum atomic E-state index is 12.0. The van der Waals surface area contributed by atoms with Crippen LogP contribution in [0.1, 0.15) is 5.56 Å². The fraction of sp³-hybridized carbons (Fsp3) is 0. The Labute approximate surface area is 148 Å². The van der Waals surface area contributed by atoms with Crippen molar-refractivity contribution in [2.45, 2.75) is 0 Å². The average Bonchev–Trinajstić information content (AvgIpc) is 3.01. The Hall–Kier alpha value is -2.63. The SMILES string of the molecule is Nc1nc(-c2cccc(NC(=O)/C=C/c3ccc(Cl)cc3)c2)cs1. The first-order valence-corrected chi connectivity index (χ1v) is 8.42. The molecule has 0 aliphatic rings. The van der Waals surface area contributed by atoms with Crippen LogP contribution in [0.25, 0.3) is 17.3 Å². The van der Waals surface area contributed by atoms with Crippen LogP contribution in [0, 0.1) is 0 Å². The third kappa shape index (κ3) is 4.22. The summed E-state index contributed by atoms with van der Waals surface area (Å²) in [6.07, 6.45) is 3.22. The third-order valence-electron chi connectivity index (χ3n) is 3.24. The number of benzene rings is 2. The minimum Gasteiger partial charge on any atom is -0.375 e. The standard InChI is InChI=1S/C18H14ClN3OS/c19-14-7-4-12(5-8-14)6-9-17(23)21-15-3-1-2-13(10-15)16-11-24-18(20)22-16/h1-11H,(H2,20,22)(H,21,23)/b9-6+. The molecule has 0 fully saturated rings. The highest BCUT2D eigenvalue weighted by atomic mass is 35.5. The smallest absolute Gasteiger partial charge is 0.248 e. The van der Waals surface area contributed by atoms with E-state index in [2.05, 4.69) is 10.3 Å². The Balaban J connectivity index is 1.69. The third-order valence-corrected chi connectivity index (χ3v) is 4.17. The lowest BCUT2D eigenvalue weighted by Crippen LogP contribution is -2.07. The van der Waals surface area contributed by atoms with Gasteiger partial charge in [0.05, 0.1) is 5.69 Å². The number of rotatable bonds is 4. The number of hydrogen-bond donors (Lipinski definition) is 2. The molecule has 0 aliphatic carbocycles. The minimum atomic E-state index is -0.208. The second-order valence-corrected chi connectivity index (χ2v) is 6.35. The summed E-state index contributed by atoms with van der Waals surface area (Å²) >= 11 is 7.22. The number of halogens is 1. The van der Waals surface area contributed by atoms with E-state index >= 15 is 0 Å². The zero-order chi connectivity index (χ0) is 16.9. The van der Waals surface area contributed by atoms with Gasteiger partial charge in [0, 0.05) is 27.7 Å². The topological polar surface area (TPSA) is 68.0 Å². The van der Waals surface area contributed by atoms with E-state index < -0.39 is 0 Å². The van der Waals surface area contributed by atoms with Crippen molar-refractivity contribution in [2.75, 3.05) is 11.1 Å². The van der Waals surface area contributed by atoms with Crippen molar-refractivity contribution in [3.05, 3.63) is 70.6 Å². The molecule has 3 aromatic rings. The van der Waals surface area contributed by atoms with Gasteiger partial charge in [-0.1, -0.05) is 35.9 Å². The molecule has 0 spiro atoms. The fourth-order valence-electron chi connectivity index (χ4n) is 2.11. The summed E-state index contributed by atoms with van der Waals surface area (Å²) in [5.74, 6) is -0.208. The predicted molar refractivity (Wildman–Crippen MR) is 101 cm³/mol. The maximum absolute atomic E-state index is 12.0. The number of amides is 1. The van der Waals surface area contributed by atoms with Gasteiger partial charge in [-0.3, -0.25) is 4.79 Å². The van der Waals surface area contributed by atoms with Gasteiger partial charge >= 0.3 is 0 Å². The van der Waals surface area contributed by atoms with E-state index in [-0.39, 0.29) is 5.91 Å². The van der Waals surface area contributed by atoms with Crippen molar-refractivity contribution in [1.29, 1.82) is 0 Å². The van der Waals surface area contributed by atoms with Gasteiger partial charge in [-0.2, -0.15) is 0 Å². The number of carbonyl (C=O) groups is 1. The molecule has 24 heavy (non-hydrogen) atoms. The van der Waals surface area contributed by atoms with Gasteiger partial charge < -0.3 is 11.1 Å². The largest absolute Gasteiger partial charge is 0.375 e. The number of anilines is 2. The van der Waals surface area contributed by atoms with Gasteiger partial charge in [0.15, 0.2) is 5.13 Å². The lowest BCUT2D eigenvalue weighted by atomic mass is 10.1. The number of nitrogens with two attached hydrogens (primary N) is 1. The number of nitrogen functional groups attached to an aromatic ring is 1. The first-order valence-electron chi connectivity index (χ1n) is 7.16. The number of nitrogens with one attached hydrogen (secondary N) is 1. The number of nitrogens with zero attached hydrogens (tertiary/aromatic N) is 1. The summed E-state index contributed by atoms with van der Waals surface area (Å²) < 4.78 is 0. The molecule has 0 unspecified atom stereocenters. The van der Waals surface area contributed by atoms with Crippen LogP contribution in [0.15, 0.2) is 60.0 Å². The first-order chi connectivity index (χ1) is 11.6. The van der Waals surface area contributed by atoms with Gasteiger partial charge in [0.25, 0.3) is 0 Å². The normalized spacial score (nSPS) is 10.9. The van der Waals surface area contributed by atoms with Crippen LogP contribution in [-0.2, 0) is 4.79 Å². The highest BCUT2D eigenvalue weighted by Gasteiger charge is 2.04. The van der Waals surface area contributed by atoms with Crippen molar-refractivity contribution in [3.63, 3.8) is 0 Å². The number of thiazole rings is 1. The quantitative estimate of drug-likeness (QED) is 0.666. The molecule has 1 amide bonds. The van der Waals surface area contributed by atoms with Crippen molar-refractivity contribution in [2.24, 2.45) is 0 Å². The van der Waals surface area contributed by atoms with Crippen LogP contribution in [0.2, 0.25) is 5.02 Å². The maximum Gasteiger partial charge on any atom is 0.248 e. The Morgan fingerprint density at radius 3 is 2.71 bits per heavy atom. The van der Waals surface area contributed by atoms with Crippen LogP contribution >= 0.6 is 22.9 Å². The van der Waals surface area contributed by atoms with Crippen LogP contribution in [0.3, 0.4) is 0 Å². The van der Waals surface area contributed by atoms with E-state index in [1.165, 1.54) is 17.4 Å². The molecule has 6 heteroatoms. The Kier molecular flexibility index (Phi) is 4.93. The van der Waals surface area contributed by atoms with Crippen molar-refractivity contribution in [3.8, 4) is 11.3 Å². The summed E-state index contributed by atoms with van der Waals surface area (Å²) in [6, 6.07) is 14.7. The van der Waals surface area contributed by atoms with Gasteiger partial charge in [-0.15, -0.1) is 11.3 Å². The second kappa shape index (κ2) is 7.29. The van der Waals surface area contributed by atoms with E-state index in [4.69, 9.17) is 17.3 Å². The molecule has 2 aromatic carbocycles. The zero-order valence-corrected chi connectivity index (χ0v) is 14.1. The lowest BCUT2D eigenvalue weighted by Gasteiger charge is -2.04. The number of aromatic nitrogens is 1. The molecule has 1 aromatic heterocycles. The minimum absolute atomic E-state index is 0.208. The zero-order valence-electron chi connectivity index (χ0n) is 12.6. The lowest BCUT2D eigenvalue weighted by molar-refractivity contribution is -0.111. The van der Waals surface area contributed by atoms with E-state index in [1.54, 1.807) is 18.2 Å². The number of hydrogen-bond acceptors (Lipinski definition) is 4. The number of carbonyl (C=O) groups excluding carboxylic acids is 1. The molecule has 0 aliphatic heterocycles. The molecule has 0 saturated carbocycles. The highest BCUT2D eigenvalue weighted by Crippen LogP contribution is 2.25. The highest BCUT2D eigenvalue weighted by molar-refractivity contribution is 7.13. The van der Waals surface area contributed by atoms with Crippen LogP contribution in [0.4, 0.5) is 10.8 Å². The average molecular weight is 356 g/mol. The molecule has 120 valence electrons. The molecule has 0 saturated heterocycles. The summed E-state index contributed by atoms with van der Waals surface area (Å²) in [7, 11) is 0. The fourth-order valence-corrected chi connectivity index (χ4v) is 2.80. The molecular weight excluding hydrogens is 342 g/mol. The first kappa shape index (κ1) is 16.2. The van der Waals surface area contributed by atoms with Gasteiger partial charge in [0.2, 0.25) is 5.91 Å². The predicted octanol–water partition coefficient (Wildman–Crippen LogP) is 4.70. The van der Waals surface area contributed by atoms with E-state index in [0.29, 0.717) is 15.8 Å². The van der Waals surface area contributed by atoms with Crippen LogP contribution in [0.5, 0.6) is 0 Å². The van der Waals surface area contributed by atoms with Crippen molar-refractivity contribution in [1.82, 2.24) is 4.98 Å². The van der Waals surface area contributed by atoms with E-state index in [9.17, 15) is 4.79 Å². The summed E-state index contributed by atoms with van der Waals surface area (Å²) in [6.45, 7) is 0. The summed E-state index contributed by atoms with van der Waals surface area (Å²) in [4.78, 5) is 16.3. The Morgan fingerprint density at radius 2 is 2.00 bits per heavy atom. The molecule has 4 nitrogen and oxygen atoms in total. The second-order valence-electron chi connectivity index (χ2n) is 5.03. The molecule has 0 radical (unpaired) electrons. The Morgan fingerprint density at radius 1 is 1.21 bits per heavy atom. The molecule has 1 heterocycles. The van der Waals surface area contributed by atoms with Crippen molar-refractivity contribution >= 4 is 45.7 Å². The van der Waals surface area contributed by atoms with Crippen molar-refractivity contribution < 1.29 is 4.79 Å². The van der Waals surface area contributed by atoms with Crippen LogP contribution < -0.4 is 11.1 Å². The van der Waals surface area contributed by atoms with Gasteiger partial charge in [-0.05, 0) is 35.9 Å². The molecule has 3 rings (SSSR count). The summed E-state index contributed by atoms with van der Waals surface area (Å²) in [5.41, 5.74) is 8.96.